The molecule has 0 atom stereocenters. The molecule has 1 aliphatic carbocycles. The van der Waals surface area contributed by atoms with Crippen molar-refractivity contribution < 1.29 is 27.4 Å². The van der Waals surface area contributed by atoms with Gasteiger partial charge in [0.25, 0.3) is 0 Å². The molecule has 1 spiro atoms. The van der Waals surface area contributed by atoms with Gasteiger partial charge in [0, 0.05) is 17.5 Å². The highest BCUT2D eigenvalue weighted by Crippen LogP contribution is 2.47. The summed E-state index contributed by atoms with van der Waals surface area (Å²) in [5.41, 5.74) is 5.21. The van der Waals surface area contributed by atoms with Crippen LogP contribution in [0, 0.1) is 22.9 Å². The lowest BCUT2D eigenvalue weighted by molar-refractivity contribution is 0.159. The standard InChI is InChI=1S/C18H16F3NO3/c19-11-1-2-14-10(17(11)21)7-23-16-6-13(22)12(20)5-15(16)25-9-18(3-4-18)8-24-14/h1-2,5-6H,3-4,7-9,22H2. The number of fused-ring (bicyclic) bond motifs is 2. The molecule has 2 N–H and O–H groups in total. The molecule has 1 heterocycles. The summed E-state index contributed by atoms with van der Waals surface area (Å²) in [5.74, 6) is -2.07. The van der Waals surface area contributed by atoms with Gasteiger partial charge in [-0.25, -0.2) is 13.2 Å². The summed E-state index contributed by atoms with van der Waals surface area (Å²) in [6, 6.07) is 4.82. The predicted molar refractivity (Wildman–Crippen MR) is 84.2 cm³/mol. The van der Waals surface area contributed by atoms with Crippen molar-refractivity contribution >= 4 is 5.69 Å². The molecule has 0 unspecified atom stereocenters. The second-order valence-electron chi connectivity index (χ2n) is 6.52. The zero-order chi connectivity index (χ0) is 17.6. The molecule has 1 saturated carbocycles. The van der Waals surface area contributed by atoms with Gasteiger partial charge >= 0.3 is 0 Å². The Morgan fingerprint density at radius 2 is 1.52 bits per heavy atom. The van der Waals surface area contributed by atoms with Crippen molar-refractivity contribution in [3.8, 4) is 17.2 Å². The quantitative estimate of drug-likeness (QED) is 0.733. The van der Waals surface area contributed by atoms with Crippen LogP contribution in [-0.2, 0) is 6.61 Å². The van der Waals surface area contributed by atoms with Crippen LogP contribution >= 0.6 is 0 Å². The highest BCUT2D eigenvalue weighted by molar-refractivity contribution is 5.53. The molecule has 132 valence electrons. The molecule has 0 aromatic heterocycles. The average molecular weight is 351 g/mol. The molecule has 2 aliphatic rings. The highest BCUT2D eigenvalue weighted by atomic mass is 19.2. The van der Waals surface area contributed by atoms with Crippen LogP contribution in [0.3, 0.4) is 0 Å². The first-order chi connectivity index (χ1) is 12.0. The number of ether oxygens (including phenoxy) is 3. The SMILES string of the molecule is Nc1cc2c(cc1F)OCC1(CC1)COc1ccc(F)c(F)c1CO2. The van der Waals surface area contributed by atoms with Crippen LogP contribution in [0.1, 0.15) is 18.4 Å². The summed E-state index contributed by atoms with van der Waals surface area (Å²) in [5, 5.41) is 0. The molecule has 25 heavy (non-hydrogen) atoms. The van der Waals surface area contributed by atoms with Crippen LogP contribution in [-0.4, -0.2) is 13.2 Å². The molecular formula is C18H16F3NO3. The fourth-order valence-electron chi connectivity index (χ4n) is 2.74. The first-order valence-corrected chi connectivity index (χ1v) is 7.92. The van der Waals surface area contributed by atoms with Crippen molar-refractivity contribution in [2.24, 2.45) is 5.41 Å². The van der Waals surface area contributed by atoms with E-state index in [2.05, 4.69) is 0 Å². The summed E-state index contributed by atoms with van der Waals surface area (Å²) in [6.07, 6.45) is 1.75. The van der Waals surface area contributed by atoms with Crippen LogP contribution in [0.2, 0.25) is 0 Å². The van der Waals surface area contributed by atoms with Crippen LogP contribution in [0.15, 0.2) is 24.3 Å². The minimum atomic E-state index is -1.03. The third kappa shape index (κ3) is 2.94. The Hall–Kier alpha value is -2.57. The largest absolute Gasteiger partial charge is 0.492 e. The van der Waals surface area contributed by atoms with Crippen LogP contribution in [0.25, 0.3) is 0 Å². The Morgan fingerprint density at radius 1 is 0.840 bits per heavy atom. The number of nitrogens with two attached hydrogens (primary N) is 1. The molecule has 0 amide bonds. The normalized spacial score (nSPS) is 18.0. The number of benzene rings is 2. The third-order valence-corrected chi connectivity index (χ3v) is 4.61. The van der Waals surface area contributed by atoms with E-state index < -0.39 is 17.5 Å². The van der Waals surface area contributed by atoms with E-state index in [4.69, 9.17) is 19.9 Å². The molecule has 0 saturated heterocycles. The smallest absolute Gasteiger partial charge is 0.169 e. The number of hydrogen-bond donors (Lipinski definition) is 1. The van der Waals surface area contributed by atoms with Gasteiger partial charge in [-0.2, -0.15) is 0 Å². The van der Waals surface area contributed by atoms with Crippen molar-refractivity contribution in [1.82, 2.24) is 0 Å². The number of nitrogen functional groups attached to an aromatic ring is 1. The van der Waals surface area contributed by atoms with Crippen LogP contribution < -0.4 is 19.9 Å². The van der Waals surface area contributed by atoms with Gasteiger partial charge in [-0.1, -0.05) is 0 Å². The number of rotatable bonds is 0. The second-order valence-corrected chi connectivity index (χ2v) is 6.52. The van der Waals surface area contributed by atoms with E-state index in [-0.39, 0.29) is 40.5 Å². The summed E-state index contributed by atoms with van der Waals surface area (Å²) >= 11 is 0. The van der Waals surface area contributed by atoms with Gasteiger partial charge in [-0.05, 0) is 25.0 Å². The Bertz CT molecular complexity index is 833. The molecule has 0 radical (unpaired) electrons. The zero-order valence-electron chi connectivity index (χ0n) is 13.3. The zero-order valence-corrected chi connectivity index (χ0v) is 13.3. The lowest BCUT2D eigenvalue weighted by Crippen LogP contribution is -2.21. The second kappa shape index (κ2) is 5.75. The van der Waals surface area contributed by atoms with Gasteiger partial charge in [-0.15, -0.1) is 0 Å². The predicted octanol–water partition coefficient (Wildman–Crippen LogP) is 3.82. The van der Waals surface area contributed by atoms with E-state index in [0.717, 1.165) is 25.0 Å². The van der Waals surface area contributed by atoms with Gasteiger partial charge < -0.3 is 19.9 Å². The molecule has 1 aliphatic heterocycles. The van der Waals surface area contributed by atoms with E-state index >= 15 is 0 Å². The average Bonchev–Trinajstić information content (AvgIpc) is 3.36. The Kier molecular flexibility index (Phi) is 3.67. The molecule has 1 fully saturated rings. The van der Waals surface area contributed by atoms with Gasteiger partial charge in [-0.3, -0.25) is 0 Å². The van der Waals surface area contributed by atoms with E-state index in [9.17, 15) is 13.2 Å². The van der Waals surface area contributed by atoms with E-state index in [1.54, 1.807) is 0 Å². The Morgan fingerprint density at radius 3 is 2.24 bits per heavy atom. The van der Waals surface area contributed by atoms with Gasteiger partial charge in [0.2, 0.25) is 0 Å². The summed E-state index contributed by atoms with van der Waals surface area (Å²) < 4.78 is 58.6. The van der Waals surface area contributed by atoms with Crippen LogP contribution in [0.5, 0.6) is 17.2 Å². The van der Waals surface area contributed by atoms with Crippen molar-refractivity contribution in [3.63, 3.8) is 0 Å². The van der Waals surface area contributed by atoms with Gasteiger partial charge in [0.1, 0.15) is 18.2 Å². The Labute approximate surface area is 142 Å². The lowest BCUT2D eigenvalue weighted by atomic mass is 10.1. The monoisotopic (exact) mass is 351 g/mol. The maximum Gasteiger partial charge on any atom is 0.169 e. The van der Waals surface area contributed by atoms with E-state index in [0.29, 0.717) is 13.2 Å². The summed E-state index contributed by atoms with van der Waals surface area (Å²) in [6.45, 7) is 0.316. The number of halogens is 3. The maximum absolute atomic E-state index is 14.2. The summed E-state index contributed by atoms with van der Waals surface area (Å²) in [4.78, 5) is 0. The number of anilines is 1. The van der Waals surface area contributed by atoms with Crippen molar-refractivity contribution in [3.05, 3.63) is 47.3 Å². The van der Waals surface area contributed by atoms with Gasteiger partial charge in [0.15, 0.2) is 23.1 Å². The fourth-order valence-corrected chi connectivity index (χ4v) is 2.74. The van der Waals surface area contributed by atoms with Gasteiger partial charge in [0.05, 0.1) is 24.5 Å². The topological polar surface area (TPSA) is 53.7 Å². The minimum Gasteiger partial charge on any atom is -0.492 e. The lowest BCUT2D eigenvalue weighted by Gasteiger charge is -2.18. The van der Waals surface area contributed by atoms with E-state index in [1.165, 1.54) is 12.1 Å². The first kappa shape index (κ1) is 15.9. The van der Waals surface area contributed by atoms with E-state index in [1.807, 2.05) is 0 Å². The molecular weight excluding hydrogens is 335 g/mol. The molecule has 0 bridgehead atoms. The van der Waals surface area contributed by atoms with Crippen molar-refractivity contribution in [2.75, 3.05) is 18.9 Å². The summed E-state index contributed by atoms with van der Waals surface area (Å²) in [7, 11) is 0. The molecule has 4 rings (SSSR count). The third-order valence-electron chi connectivity index (χ3n) is 4.61. The molecule has 2 aromatic rings. The van der Waals surface area contributed by atoms with Crippen molar-refractivity contribution in [1.29, 1.82) is 0 Å². The fraction of sp³-hybridized carbons (Fsp3) is 0.333. The van der Waals surface area contributed by atoms with Crippen molar-refractivity contribution in [2.45, 2.75) is 19.4 Å². The maximum atomic E-state index is 14.2. The Balaban J connectivity index is 1.76. The molecule has 7 heteroatoms. The molecule has 4 nitrogen and oxygen atoms in total. The van der Waals surface area contributed by atoms with Crippen LogP contribution in [0.4, 0.5) is 18.9 Å². The minimum absolute atomic E-state index is 0.0356. The highest BCUT2D eigenvalue weighted by Gasteiger charge is 2.45. The first-order valence-electron chi connectivity index (χ1n) is 7.92. The molecule has 2 aromatic carbocycles. The number of hydrogen-bond acceptors (Lipinski definition) is 4.